The van der Waals surface area contributed by atoms with E-state index in [0.29, 0.717) is 11.6 Å². The number of nitrogens with one attached hydrogen (secondary N) is 1. The number of hydrogen-bond donors (Lipinski definition) is 2. The molecule has 2 aromatic rings. The molecular formula is C18H20ClN3O3S. The molecule has 0 aliphatic carbocycles. The lowest BCUT2D eigenvalue weighted by atomic mass is 10.0. The molecule has 0 amide bonds. The van der Waals surface area contributed by atoms with Gasteiger partial charge in [-0.15, -0.1) is 0 Å². The van der Waals surface area contributed by atoms with Crippen molar-refractivity contribution in [3.8, 4) is 5.75 Å². The van der Waals surface area contributed by atoms with Gasteiger partial charge in [-0.3, -0.25) is 4.99 Å². The highest BCUT2D eigenvalue weighted by Gasteiger charge is 2.21. The predicted molar refractivity (Wildman–Crippen MR) is 102 cm³/mol. The summed E-state index contributed by atoms with van der Waals surface area (Å²) in [5.41, 5.74) is 6.95. The smallest absolute Gasteiger partial charge is 0.189 e. The van der Waals surface area contributed by atoms with E-state index >= 15 is 0 Å². The lowest BCUT2D eigenvalue weighted by Gasteiger charge is -2.26. The van der Waals surface area contributed by atoms with Gasteiger partial charge in [0.1, 0.15) is 5.75 Å². The highest BCUT2D eigenvalue weighted by Crippen LogP contribution is 2.31. The van der Waals surface area contributed by atoms with E-state index in [1.807, 2.05) is 24.3 Å². The Morgan fingerprint density at radius 2 is 1.96 bits per heavy atom. The van der Waals surface area contributed by atoms with Gasteiger partial charge < -0.3 is 15.8 Å². The SMILES string of the molecule is NC(=NCCS(=O)(=O)c1ccc(Cl)cc1)NC1CCOc2ccccc21. The van der Waals surface area contributed by atoms with E-state index < -0.39 is 9.84 Å². The van der Waals surface area contributed by atoms with Crippen LogP contribution in [0.2, 0.25) is 5.02 Å². The van der Waals surface area contributed by atoms with Crippen molar-refractivity contribution in [1.82, 2.24) is 5.32 Å². The van der Waals surface area contributed by atoms with Crippen molar-refractivity contribution >= 4 is 27.4 Å². The van der Waals surface area contributed by atoms with Crippen LogP contribution < -0.4 is 15.8 Å². The van der Waals surface area contributed by atoms with Gasteiger partial charge in [0.05, 0.1) is 29.8 Å². The molecule has 0 saturated heterocycles. The van der Waals surface area contributed by atoms with Crippen LogP contribution in [0.5, 0.6) is 5.75 Å². The molecule has 2 aromatic carbocycles. The second-order valence-electron chi connectivity index (χ2n) is 5.91. The fourth-order valence-corrected chi connectivity index (χ4v) is 4.01. The molecule has 1 aliphatic rings. The first-order chi connectivity index (χ1) is 12.5. The molecule has 138 valence electrons. The number of nitrogens with zero attached hydrogens (tertiary/aromatic N) is 1. The molecule has 1 atom stereocenters. The van der Waals surface area contributed by atoms with Gasteiger partial charge in [-0.25, -0.2) is 8.42 Å². The molecule has 0 aromatic heterocycles. The van der Waals surface area contributed by atoms with Gasteiger partial charge in [0, 0.05) is 17.0 Å². The number of sulfone groups is 1. The number of guanidine groups is 1. The summed E-state index contributed by atoms with van der Waals surface area (Å²) in [5.74, 6) is 0.925. The van der Waals surface area contributed by atoms with Crippen molar-refractivity contribution in [2.24, 2.45) is 10.7 Å². The Hall–Kier alpha value is -2.25. The summed E-state index contributed by atoms with van der Waals surface area (Å²) in [4.78, 5) is 4.38. The average Bonchev–Trinajstić information content (AvgIpc) is 2.62. The van der Waals surface area contributed by atoms with Crippen LogP contribution in [0.4, 0.5) is 0 Å². The first-order valence-corrected chi connectivity index (χ1v) is 10.3. The third-order valence-corrected chi connectivity index (χ3v) is 6.06. The van der Waals surface area contributed by atoms with Crippen molar-refractivity contribution in [3.05, 3.63) is 59.1 Å². The second kappa shape index (κ2) is 7.97. The molecule has 6 nitrogen and oxygen atoms in total. The number of rotatable bonds is 5. The van der Waals surface area contributed by atoms with Crippen molar-refractivity contribution < 1.29 is 13.2 Å². The Balaban J connectivity index is 1.60. The number of fused-ring (bicyclic) bond motifs is 1. The summed E-state index contributed by atoms with van der Waals surface area (Å²) in [5, 5.41) is 3.64. The molecular weight excluding hydrogens is 374 g/mol. The highest BCUT2D eigenvalue weighted by molar-refractivity contribution is 7.91. The minimum absolute atomic E-state index is 0.00317. The molecule has 3 rings (SSSR count). The summed E-state index contributed by atoms with van der Waals surface area (Å²) in [6.07, 6.45) is 0.760. The van der Waals surface area contributed by atoms with Crippen molar-refractivity contribution in [1.29, 1.82) is 0 Å². The zero-order valence-corrected chi connectivity index (χ0v) is 15.6. The molecule has 0 fully saturated rings. The van der Waals surface area contributed by atoms with Crippen LogP contribution in [-0.2, 0) is 9.84 Å². The van der Waals surface area contributed by atoms with Gasteiger partial charge >= 0.3 is 0 Å². The number of halogens is 1. The van der Waals surface area contributed by atoms with Gasteiger partial charge in [-0.1, -0.05) is 29.8 Å². The zero-order chi connectivity index (χ0) is 18.6. The van der Waals surface area contributed by atoms with Crippen LogP contribution in [-0.4, -0.2) is 33.3 Å². The molecule has 1 unspecified atom stereocenters. The fraction of sp³-hybridized carbons (Fsp3) is 0.278. The normalized spacial score (nSPS) is 17.3. The van der Waals surface area contributed by atoms with Crippen LogP contribution in [0.25, 0.3) is 0 Å². The topological polar surface area (TPSA) is 93.8 Å². The Morgan fingerprint density at radius 1 is 1.23 bits per heavy atom. The number of hydrogen-bond acceptors (Lipinski definition) is 4. The highest BCUT2D eigenvalue weighted by atomic mass is 35.5. The molecule has 8 heteroatoms. The van der Waals surface area contributed by atoms with Crippen LogP contribution in [0, 0.1) is 0 Å². The van der Waals surface area contributed by atoms with E-state index in [-0.39, 0.29) is 29.2 Å². The molecule has 0 radical (unpaired) electrons. The van der Waals surface area contributed by atoms with Crippen molar-refractivity contribution in [2.45, 2.75) is 17.4 Å². The van der Waals surface area contributed by atoms with E-state index in [1.54, 1.807) is 12.1 Å². The number of nitrogens with two attached hydrogens (primary N) is 1. The van der Waals surface area contributed by atoms with E-state index in [9.17, 15) is 8.42 Å². The molecule has 1 heterocycles. The Labute approximate surface area is 157 Å². The number of para-hydroxylation sites is 1. The van der Waals surface area contributed by atoms with E-state index in [2.05, 4.69) is 10.3 Å². The molecule has 1 aliphatic heterocycles. The van der Waals surface area contributed by atoms with Gasteiger partial charge in [0.2, 0.25) is 0 Å². The van der Waals surface area contributed by atoms with Gasteiger partial charge in [0.15, 0.2) is 15.8 Å². The molecule has 0 saturated carbocycles. The van der Waals surface area contributed by atoms with E-state index in [0.717, 1.165) is 17.7 Å². The molecule has 3 N–H and O–H groups in total. The van der Waals surface area contributed by atoms with Crippen LogP contribution in [0.1, 0.15) is 18.0 Å². The number of ether oxygens (including phenoxy) is 1. The third kappa shape index (κ3) is 4.47. The monoisotopic (exact) mass is 393 g/mol. The van der Waals surface area contributed by atoms with Gasteiger partial charge in [-0.05, 0) is 30.3 Å². The van der Waals surface area contributed by atoms with Crippen molar-refractivity contribution in [3.63, 3.8) is 0 Å². The van der Waals surface area contributed by atoms with Gasteiger partial charge in [0.25, 0.3) is 0 Å². The van der Waals surface area contributed by atoms with Crippen LogP contribution in [0.15, 0.2) is 58.4 Å². The summed E-state index contributed by atoms with van der Waals surface area (Å²) < 4.78 is 30.2. The first-order valence-electron chi connectivity index (χ1n) is 8.22. The quantitative estimate of drug-likeness (QED) is 0.601. The standard InChI is InChI=1S/C18H20ClN3O3S/c19-13-5-7-14(8-6-13)26(23,24)12-10-21-18(20)22-16-9-11-25-17-4-2-1-3-15(16)17/h1-8,16H,9-12H2,(H3,20,21,22). The van der Waals surface area contributed by atoms with Crippen molar-refractivity contribution in [2.75, 3.05) is 18.9 Å². The predicted octanol–water partition coefficient (Wildman–Crippen LogP) is 2.54. The lowest BCUT2D eigenvalue weighted by molar-refractivity contribution is 0.262. The minimum Gasteiger partial charge on any atom is -0.493 e. The Morgan fingerprint density at radius 3 is 2.73 bits per heavy atom. The fourth-order valence-electron chi connectivity index (χ4n) is 2.76. The van der Waals surface area contributed by atoms with Crippen LogP contribution in [0.3, 0.4) is 0 Å². The Bertz CT molecular complexity index is 898. The molecule has 0 spiro atoms. The number of benzene rings is 2. The second-order valence-corrected chi connectivity index (χ2v) is 8.46. The largest absolute Gasteiger partial charge is 0.493 e. The minimum atomic E-state index is -3.42. The molecule has 26 heavy (non-hydrogen) atoms. The summed E-state index contributed by atoms with van der Waals surface area (Å²) >= 11 is 5.79. The summed E-state index contributed by atoms with van der Waals surface area (Å²) in [6.45, 7) is 0.668. The lowest BCUT2D eigenvalue weighted by Crippen LogP contribution is -2.37. The first kappa shape index (κ1) is 18.5. The number of aliphatic imine (C=N–C) groups is 1. The maximum atomic E-state index is 12.3. The maximum absolute atomic E-state index is 12.3. The Kier molecular flexibility index (Phi) is 5.68. The summed E-state index contributed by atoms with van der Waals surface area (Å²) in [6, 6.07) is 13.8. The van der Waals surface area contributed by atoms with E-state index in [4.69, 9.17) is 22.1 Å². The van der Waals surface area contributed by atoms with Crippen LogP contribution >= 0.6 is 11.6 Å². The average molecular weight is 394 g/mol. The maximum Gasteiger partial charge on any atom is 0.189 e. The summed E-state index contributed by atoms with van der Waals surface area (Å²) in [7, 11) is -3.42. The zero-order valence-electron chi connectivity index (χ0n) is 14.1. The third-order valence-electron chi connectivity index (χ3n) is 4.10. The van der Waals surface area contributed by atoms with Gasteiger partial charge in [-0.2, -0.15) is 0 Å². The van der Waals surface area contributed by atoms with E-state index in [1.165, 1.54) is 12.1 Å². The molecule has 0 bridgehead atoms.